The minimum atomic E-state index is -0.695. The van der Waals surface area contributed by atoms with Crippen molar-refractivity contribution in [3.8, 4) is 0 Å². The van der Waals surface area contributed by atoms with Crippen molar-refractivity contribution in [2.45, 2.75) is 98.7 Å². The molecule has 0 spiro atoms. The van der Waals surface area contributed by atoms with Crippen molar-refractivity contribution in [1.82, 2.24) is 0 Å². The van der Waals surface area contributed by atoms with Crippen LogP contribution in [0.25, 0.3) is 0 Å². The molecule has 0 aromatic carbocycles. The normalized spacial score (nSPS) is 44.4. The Morgan fingerprint density at radius 3 is 2.08 bits per heavy atom. The largest absolute Gasteiger partial charge is 0.472 e. The zero-order valence-electron chi connectivity index (χ0n) is 23.1. The fourth-order valence-corrected chi connectivity index (χ4v) is 9.88. The van der Waals surface area contributed by atoms with Crippen molar-refractivity contribution >= 4 is 23.5 Å². The molecule has 9 atom stereocenters. The van der Waals surface area contributed by atoms with Gasteiger partial charge >= 0.3 is 11.9 Å². The molecule has 37 heavy (non-hydrogen) atoms. The van der Waals surface area contributed by atoms with Crippen LogP contribution in [0.3, 0.4) is 0 Å². The molecule has 0 radical (unpaired) electrons. The smallest absolute Gasteiger partial charge is 0.302 e. The van der Waals surface area contributed by atoms with Crippen LogP contribution in [0, 0.1) is 39.4 Å². The average molecular weight is 513 g/mol. The lowest BCUT2D eigenvalue weighted by molar-refractivity contribution is -0.257. The highest BCUT2D eigenvalue weighted by molar-refractivity contribution is 5.88. The summed E-state index contributed by atoms with van der Waals surface area (Å²) in [6.45, 7) is 13.3. The number of carbonyl (C=O) groups excluding carboxylic acids is 4. The van der Waals surface area contributed by atoms with Crippen molar-refractivity contribution in [3.63, 3.8) is 0 Å². The molecular formula is C30H40O7. The van der Waals surface area contributed by atoms with E-state index in [1.54, 1.807) is 12.5 Å². The van der Waals surface area contributed by atoms with Crippen LogP contribution >= 0.6 is 0 Å². The van der Waals surface area contributed by atoms with E-state index in [9.17, 15) is 19.2 Å². The van der Waals surface area contributed by atoms with Crippen LogP contribution in [0.15, 0.2) is 23.0 Å². The van der Waals surface area contributed by atoms with Crippen LogP contribution in [0.2, 0.25) is 0 Å². The van der Waals surface area contributed by atoms with Crippen molar-refractivity contribution < 1.29 is 33.1 Å². The number of hydrogen-bond donors (Lipinski definition) is 0. The Morgan fingerprint density at radius 2 is 1.51 bits per heavy atom. The molecule has 202 valence electrons. The van der Waals surface area contributed by atoms with E-state index in [1.165, 1.54) is 13.8 Å². The molecule has 4 aliphatic carbocycles. The molecule has 7 nitrogen and oxygen atoms in total. The molecule has 7 heteroatoms. The van der Waals surface area contributed by atoms with Gasteiger partial charge in [0.15, 0.2) is 0 Å². The second kappa shape index (κ2) is 8.28. The van der Waals surface area contributed by atoms with E-state index in [-0.39, 0.29) is 46.7 Å². The van der Waals surface area contributed by atoms with Gasteiger partial charge < -0.3 is 13.9 Å². The van der Waals surface area contributed by atoms with E-state index in [4.69, 9.17) is 13.9 Å². The maximum Gasteiger partial charge on any atom is 0.302 e. The summed E-state index contributed by atoms with van der Waals surface area (Å²) >= 11 is 0. The van der Waals surface area contributed by atoms with Gasteiger partial charge in [-0.05, 0) is 48.1 Å². The summed E-state index contributed by atoms with van der Waals surface area (Å²) in [5.41, 5.74) is -1.31. The van der Waals surface area contributed by atoms with Crippen LogP contribution in [0.5, 0.6) is 0 Å². The molecule has 0 bridgehead atoms. The highest BCUT2D eigenvalue weighted by Gasteiger charge is 2.75. The number of hydrogen-bond acceptors (Lipinski definition) is 7. The summed E-state index contributed by atoms with van der Waals surface area (Å²) in [6.07, 6.45) is 4.88. The average Bonchev–Trinajstić information content (AvgIpc) is 3.41. The minimum absolute atomic E-state index is 0.0211. The summed E-state index contributed by atoms with van der Waals surface area (Å²) in [6, 6.07) is 1.89. The number of ether oxygens (including phenoxy) is 2. The lowest BCUT2D eigenvalue weighted by atomic mass is 9.35. The van der Waals surface area contributed by atoms with Gasteiger partial charge in [0.05, 0.1) is 12.5 Å². The molecule has 0 aliphatic heterocycles. The number of ketones is 2. The highest BCUT2D eigenvalue weighted by Crippen LogP contribution is 2.74. The third-order valence-corrected chi connectivity index (χ3v) is 11.4. The molecule has 4 saturated carbocycles. The maximum absolute atomic E-state index is 14.1. The Kier molecular flexibility index (Phi) is 5.86. The third-order valence-electron chi connectivity index (χ3n) is 11.4. The third kappa shape index (κ3) is 3.44. The molecule has 1 heterocycles. The predicted molar refractivity (Wildman–Crippen MR) is 134 cm³/mol. The Bertz CT molecular complexity index is 1130. The first-order chi connectivity index (χ1) is 17.2. The van der Waals surface area contributed by atoms with E-state index in [0.717, 1.165) is 5.56 Å². The van der Waals surface area contributed by atoms with Crippen molar-refractivity contribution in [3.05, 3.63) is 24.2 Å². The zero-order chi connectivity index (χ0) is 27.1. The molecule has 1 aromatic rings. The summed E-state index contributed by atoms with van der Waals surface area (Å²) in [5.74, 6) is -1.17. The van der Waals surface area contributed by atoms with Gasteiger partial charge in [-0.15, -0.1) is 0 Å². The van der Waals surface area contributed by atoms with E-state index in [1.807, 2.05) is 19.9 Å². The van der Waals surface area contributed by atoms with Crippen molar-refractivity contribution in [2.24, 2.45) is 39.4 Å². The van der Waals surface area contributed by atoms with Gasteiger partial charge in [-0.25, -0.2) is 0 Å². The second-order valence-electron chi connectivity index (χ2n) is 13.4. The van der Waals surface area contributed by atoms with Crippen LogP contribution < -0.4 is 0 Å². The maximum atomic E-state index is 14.1. The summed E-state index contributed by atoms with van der Waals surface area (Å²) in [4.78, 5) is 52.1. The topological polar surface area (TPSA) is 99.9 Å². The quantitative estimate of drug-likeness (QED) is 0.509. The van der Waals surface area contributed by atoms with Crippen LogP contribution in [0.4, 0.5) is 0 Å². The summed E-state index contributed by atoms with van der Waals surface area (Å²) < 4.78 is 17.6. The second-order valence-corrected chi connectivity index (χ2v) is 13.4. The first-order valence-corrected chi connectivity index (χ1v) is 13.6. The molecule has 0 N–H and O–H groups in total. The molecule has 0 amide bonds. The van der Waals surface area contributed by atoms with E-state index < -0.39 is 34.4 Å². The number of furan rings is 1. The Hall–Kier alpha value is -2.44. The first kappa shape index (κ1) is 26.2. The molecule has 4 aliphatic rings. The van der Waals surface area contributed by atoms with Crippen LogP contribution in [-0.4, -0.2) is 35.7 Å². The molecule has 5 rings (SSSR count). The fourth-order valence-electron chi connectivity index (χ4n) is 9.88. The van der Waals surface area contributed by atoms with Gasteiger partial charge in [-0.2, -0.15) is 0 Å². The van der Waals surface area contributed by atoms with Gasteiger partial charge in [0.25, 0.3) is 0 Å². The van der Waals surface area contributed by atoms with Crippen molar-refractivity contribution in [2.75, 3.05) is 0 Å². The number of esters is 2. The van der Waals surface area contributed by atoms with Gasteiger partial charge in [-0.1, -0.05) is 34.6 Å². The molecular weight excluding hydrogens is 472 g/mol. The van der Waals surface area contributed by atoms with Gasteiger partial charge in [0, 0.05) is 54.8 Å². The summed E-state index contributed by atoms with van der Waals surface area (Å²) in [5, 5.41) is 0. The standard InChI is InChI=1S/C30H40O7/c1-16(31)36-24-14-22-28(5)10-8-23(34)27(3,4)21(28)13-25(37-17(2)32)30(22,7)26-20(33)12-19(29(24,26)6)18-9-11-35-15-18/h9,11,15,19,21-22,24-26H,8,10,12-14H2,1-7H3/t19-,21-,22+,24-,25+,26-,28-,29+,30-/m0/s1. The van der Waals surface area contributed by atoms with E-state index in [2.05, 4.69) is 20.8 Å². The Balaban J connectivity index is 1.72. The van der Waals surface area contributed by atoms with Gasteiger partial charge in [0.2, 0.25) is 0 Å². The SMILES string of the molecule is CC(=O)O[C@H]1C[C@@H]2[C@@]3(C)CCC(=O)C(C)(C)[C@@H]3C[C@@H](OC(C)=O)[C@@]2(C)[C@H]2C(=O)C[C@@H](c3ccoc3)[C@@]21C. The van der Waals surface area contributed by atoms with E-state index in [0.29, 0.717) is 32.1 Å². The first-order valence-electron chi connectivity index (χ1n) is 13.6. The van der Waals surface area contributed by atoms with Crippen molar-refractivity contribution in [1.29, 1.82) is 0 Å². The predicted octanol–water partition coefficient (Wildman–Crippen LogP) is 5.26. The molecule has 1 aromatic heterocycles. The lowest BCUT2D eigenvalue weighted by Crippen LogP contribution is -2.70. The lowest BCUT2D eigenvalue weighted by Gasteiger charge is -2.69. The van der Waals surface area contributed by atoms with Gasteiger partial charge in [-0.3, -0.25) is 19.2 Å². The zero-order valence-corrected chi connectivity index (χ0v) is 23.1. The molecule has 0 unspecified atom stereocenters. The Morgan fingerprint density at radius 1 is 0.919 bits per heavy atom. The number of fused-ring (bicyclic) bond motifs is 5. The Labute approximate surface area is 219 Å². The van der Waals surface area contributed by atoms with E-state index >= 15 is 0 Å². The highest BCUT2D eigenvalue weighted by atomic mass is 16.5. The van der Waals surface area contributed by atoms with Crippen LogP contribution in [0.1, 0.15) is 92.1 Å². The number of carbonyl (C=O) groups is 4. The minimum Gasteiger partial charge on any atom is -0.472 e. The number of rotatable bonds is 3. The number of Topliss-reactive ketones (excluding diaryl/α,β-unsaturated/α-hetero) is 2. The monoisotopic (exact) mass is 512 g/mol. The summed E-state index contributed by atoms with van der Waals surface area (Å²) in [7, 11) is 0. The van der Waals surface area contributed by atoms with Gasteiger partial charge in [0.1, 0.15) is 23.8 Å². The fraction of sp³-hybridized carbons (Fsp3) is 0.733. The molecule has 0 saturated heterocycles. The molecule has 4 fully saturated rings. The van der Waals surface area contributed by atoms with Crippen LogP contribution in [-0.2, 0) is 28.7 Å².